The van der Waals surface area contributed by atoms with Crippen molar-refractivity contribution in [2.24, 2.45) is 5.92 Å². The van der Waals surface area contributed by atoms with Crippen LogP contribution >= 0.6 is 0 Å². The molecule has 0 saturated heterocycles. The molecule has 0 radical (unpaired) electrons. The minimum absolute atomic E-state index is 0.0234. The average molecular weight is 293 g/mol. The quantitative estimate of drug-likeness (QED) is 0.684. The Labute approximate surface area is 127 Å². The molecule has 1 rings (SSSR count). The predicted molar refractivity (Wildman–Crippen MR) is 86.5 cm³/mol. The van der Waals surface area contributed by atoms with Gasteiger partial charge in [-0.05, 0) is 26.2 Å². The third-order valence-corrected chi connectivity index (χ3v) is 3.06. The molecule has 0 aliphatic carbocycles. The van der Waals surface area contributed by atoms with E-state index in [4.69, 9.17) is 0 Å². The maximum Gasteiger partial charge on any atom is 0.242 e. The zero-order valence-corrected chi connectivity index (χ0v) is 13.7. The first kappa shape index (κ1) is 17.2. The van der Waals surface area contributed by atoms with E-state index in [2.05, 4.69) is 46.7 Å². The Morgan fingerprint density at radius 1 is 1.24 bits per heavy atom. The molecule has 3 N–H and O–H groups in total. The largest absolute Gasteiger partial charge is 0.370 e. The van der Waals surface area contributed by atoms with Gasteiger partial charge >= 0.3 is 0 Å². The summed E-state index contributed by atoms with van der Waals surface area (Å²) in [4.78, 5) is 20.4. The van der Waals surface area contributed by atoms with Crippen molar-refractivity contribution < 1.29 is 4.79 Å². The van der Waals surface area contributed by atoms with E-state index < -0.39 is 0 Å². The summed E-state index contributed by atoms with van der Waals surface area (Å²) in [5, 5.41) is 9.31. The molecular weight excluding hydrogens is 266 g/mol. The van der Waals surface area contributed by atoms with E-state index in [1.807, 2.05) is 13.8 Å². The fourth-order valence-corrected chi connectivity index (χ4v) is 1.75. The number of nitrogens with zero attached hydrogens (tertiary/aromatic N) is 2. The normalized spacial score (nSPS) is 12.1. The second kappa shape index (κ2) is 8.44. The van der Waals surface area contributed by atoms with Crippen LogP contribution < -0.4 is 16.0 Å². The Hall–Kier alpha value is -1.85. The summed E-state index contributed by atoms with van der Waals surface area (Å²) in [7, 11) is 0. The molecule has 6 heteroatoms. The number of carbonyl (C=O) groups excluding carboxylic acids is 1. The summed E-state index contributed by atoms with van der Waals surface area (Å²) in [5.74, 6) is 1.91. The van der Waals surface area contributed by atoms with Gasteiger partial charge in [0.15, 0.2) is 0 Å². The number of anilines is 2. The summed E-state index contributed by atoms with van der Waals surface area (Å²) in [5.41, 5.74) is 0.925. The van der Waals surface area contributed by atoms with E-state index in [-0.39, 0.29) is 11.9 Å². The Balaban J connectivity index is 2.67. The van der Waals surface area contributed by atoms with Gasteiger partial charge in [0, 0.05) is 18.7 Å². The second-order valence-corrected chi connectivity index (χ2v) is 5.63. The van der Waals surface area contributed by atoms with Gasteiger partial charge in [-0.2, -0.15) is 0 Å². The molecule has 21 heavy (non-hydrogen) atoms. The fourth-order valence-electron chi connectivity index (χ4n) is 1.75. The van der Waals surface area contributed by atoms with Crippen LogP contribution in [-0.2, 0) is 4.79 Å². The predicted octanol–water partition coefficient (Wildman–Crippen LogP) is 2.18. The lowest BCUT2D eigenvalue weighted by Gasteiger charge is -2.18. The molecular formula is C15H27N5O. The maximum absolute atomic E-state index is 12.0. The van der Waals surface area contributed by atoms with Gasteiger partial charge in [0.2, 0.25) is 5.91 Å². The fraction of sp³-hybridized carbons (Fsp3) is 0.667. The molecule has 1 aromatic rings. The highest BCUT2D eigenvalue weighted by Gasteiger charge is 2.15. The standard InChI is InChI=1S/C15H27N5O/c1-6-7-16-13-11(4)14(19-9-18-13)20-12(5)15(21)17-8-10(2)3/h9-10,12H,6-8H2,1-5H3,(H,17,21)(H2,16,18,19,20). The van der Waals surface area contributed by atoms with Gasteiger partial charge in [-0.25, -0.2) is 9.97 Å². The first-order valence-electron chi connectivity index (χ1n) is 7.55. The number of nitrogens with one attached hydrogen (secondary N) is 3. The molecule has 1 atom stereocenters. The van der Waals surface area contributed by atoms with Crippen LogP contribution in [0.5, 0.6) is 0 Å². The van der Waals surface area contributed by atoms with E-state index in [0.29, 0.717) is 18.3 Å². The molecule has 0 aliphatic rings. The molecule has 1 heterocycles. The lowest BCUT2D eigenvalue weighted by atomic mass is 10.2. The molecule has 0 aliphatic heterocycles. The van der Waals surface area contributed by atoms with Gasteiger partial charge in [0.1, 0.15) is 24.0 Å². The smallest absolute Gasteiger partial charge is 0.242 e. The summed E-state index contributed by atoms with van der Waals surface area (Å²) >= 11 is 0. The van der Waals surface area contributed by atoms with E-state index in [1.165, 1.54) is 6.33 Å². The van der Waals surface area contributed by atoms with Crippen molar-refractivity contribution in [2.45, 2.75) is 47.1 Å². The van der Waals surface area contributed by atoms with E-state index in [0.717, 1.165) is 24.3 Å². The molecule has 0 bridgehead atoms. The Kier molecular flexibility index (Phi) is 6.91. The highest BCUT2D eigenvalue weighted by atomic mass is 16.2. The third kappa shape index (κ3) is 5.57. The van der Waals surface area contributed by atoms with Crippen molar-refractivity contribution >= 4 is 17.5 Å². The number of hydrogen-bond donors (Lipinski definition) is 3. The SMILES string of the molecule is CCCNc1ncnc(NC(C)C(=O)NCC(C)C)c1C. The average Bonchev–Trinajstić information content (AvgIpc) is 2.45. The minimum Gasteiger partial charge on any atom is -0.370 e. The number of amides is 1. The topological polar surface area (TPSA) is 78.9 Å². The van der Waals surface area contributed by atoms with Crippen LogP contribution in [0, 0.1) is 12.8 Å². The van der Waals surface area contributed by atoms with Crippen molar-refractivity contribution in [3.05, 3.63) is 11.9 Å². The zero-order chi connectivity index (χ0) is 15.8. The van der Waals surface area contributed by atoms with Crippen molar-refractivity contribution in [3.8, 4) is 0 Å². The van der Waals surface area contributed by atoms with Crippen LogP contribution in [0.3, 0.4) is 0 Å². The van der Waals surface area contributed by atoms with Crippen LogP contribution in [0.4, 0.5) is 11.6 Å². The number of carbonyl (C=O) groups is 1. The van der Waals surface area contributed by atoms with Crippen LogP contribution in [0.2, 0.25) is 0 Å². The second-order valence-electron chi connectivity index (χ2n) is 5.63. The third-order valence-electron chi connectivity index (χ3n) is 3.06. The Bertz CT molecular complexity index is 461. The van der Waals surface area contributed by atoms with Gasteiger partial charge in [0.25, 0.3) is 0 Å². The van der Waals surface area contributed by atoms with Crippen molar-refractivity contribution in [2.75, 3.05) is 23.7 Å². The van der Waals surface area contributed by atoms with Crippen LogP contribution in [0.25, 0.3) is 0 Å². The number of hydrogen-bond acceptors (Lipinski definition) is 5. The molecule has 1 aromatic heterocycles. The highest BCUT2D eigenvalue weighted by molar-refractivity contribution is 5.84. The molecule has 118 valence electrons. The zero-order valence-electron chi connectivity index (χ0n) is 13.7. The van der Waals surface area contributed by atoms with Gasteiger partial charge in [-0.1, -0.05) is 20.8 Å². The van der Waals surface area contributed by atoms with Crippen LogP contribution in [0.15, 0.2) is 6.33 Å². The summed E-state index contributed by atoms with van der Waals surface area (Å²) in [6, 6.07) is -0.337. The van der Waals surface area contributed by atoms with Gasteiger partial charge in [-0.15, -0.1) is 0 Å². The van der Waals surface area contributed by atoms with Crippen molar-refractivity contribution in [1.29, 1.82) is 0 Å². The molecule has 0 saturated carbocycles. The number of aromatic nitrogens is 2. The molecule has 6 nitrogen and oxygen atoms in total. The lowest BCUT2D eigenvalue weighted by Crippen LogP contribution is -2.39. The minimum atomic E-state index is -0.337. The molecule has 0 fully saturated rings. The number of rotatable bonds is 8. The monoisotopic (exact) mass is 293 g/mol. The van der Waals surface area contributed by atoms with Gasteiger partial charge in [0.05, 0.1) is 0 Å². The summed E-state index contributed by atoms with van der Waals surface area (Å²) in [6.45, 7) is 11.6. The first-order chi connectivity index (χ1) is 9.95. The van der Waals surface area contributed by atoms with E-state index in [9.17, 15) is 4.79 Å². The Morgan fingerprint density at radius 2 is 1.90 bits per heavy atom. The van der Waals surface area contributed by atoms with Crippen LogP contribution in [-0.4, -0.2) is 35.0 Å². The van der Waals surface area contributed by atoms with E-state index >= 15 is 0 Å². The molecule has 0 aromatic carbocycles. The lowest BCUT2D eigenvalue weighted by molar-refractivity contribution is -0.121. The molecule has 0 spiro atoms. The van der Waals surface area contributed by atoms with Crippen molar-refractivity contribution in [3.63, 3.8) is 0 Å². The summed E-state index contributed by atoms with van der Waals surface area (Å²) in [6.07, 6.45) is 2.53. The van der Waals surface area contributed by atoms with Crippen molar-refractivity contribution in [1.82, 2.24) is 15.3 Å². The van der Waals surface area contributed by atoms with Crippen LogP contribution in [0.1, 0.15) is 39.7 Å². The molecule has 1 amide bonds. The molecule has 1 unspecified atom stereocenters. The highest BCUT2D eigenvalue weighted by Crippen LogP contribution is 2.18. The first-order valence-corrected chi connectivity index (χ1v) is 7.55. The summed E-state index contributed by atoms with van der Waals surface area (Å²) < 4.78 is 0. The van der Waals surface area contributed by atoms with E-state index in [1.54, 1.807) is 0 Å². The maximum atomic E-state index is 12.0. The van der Waals surface area contributed by atoms with Gasteiger partial charge < -0.3 is 16.0 Å². The van der Waals surface area contributed by atoms with Gasteiger partial charge in [-0.3, -0.25) is 4.79 Å². The Morgan fingerprint density at radius 3 is 2.52 bits per heavy atom.